The first-order valence-corrected chi connectivity index (χ1v) is 6.66. The Morgan fingerprint density at radius 3 is 2.50 bits per heavy atom. The van der Waals surface area contributed by atoms with Crippen molar-refractivity contribution < 1.29 is 14.7 Å². The van der Waals surface area contributed by atoms with Gasteiger partial charge in [-0.15, -0.1) is 0 Å². The summed E-state index contributed by atoms with van der Waals surface area (Å²) in [6.07, 6.45) is 2.19. The highest BCUT2D eigenvalue weighted by molar-refractivity contribution is 5.89. The molecule has 110 valence electrons. The number of carboxylic acid groups (broad SMARTS) is 1. The molecule has 0 aromatic carbocycles. The Balaban J connectivity index is 2.55. The van der Waals surface area contributed by atoms with Crippen molar-refractivity contribution >= 4 is 17.7 Å². The Labute approximate surface area is 118 Å². The summed E-state index contributed by atoms with van der Waals surface area (Å²) in [7, 11) is 0. The molecule has 0 bridgehead atoms. The third-order valence-electron chi connectivity index (χ3n) is 2.98. The lowest BCUT2D eigenvalue weighted by Crippen LogP contribution is -2.40. The van der Waals surface area contributed by atoms with Gasteiger partial charge < -0.3 is 15.7 Å². The molecule has 1 aromatic rings. The van der Waals surface area contributed by atoms with Gasteiger partial charge in [-0.1, -0.05) is 20.8 Å². The predicted octanol–water partition coefficient (Wildman–Crippen LogP) is 2.26. The molecule has 2 amide bonds. The first-order valence-electron chi connectivity index (χ1n) is 6.66. The summed E-state index contributed by atoms with van der Waals surface area (Å²) in [5.41, 5.74) is 0.993. The average Bonchev–Trinajstić information content (AvgIpc) is 2.37. The fraction of sp³-hybridized carbons (Fsp3) is 0.500. The predicted molar refractivity (Wildman–Crippen MR) is 76.6 cm³/mol. The van der Waals surface area contributed by atoms with Gasteiger partial charge in [0.25, 0.3) is 0 Å². The SMILES string of the molecule is CCC(NC(=O)Nc1ccc(CC(=O)O)nc1)C(C)C. The van der Waals surface area contributed by atoms with E-state index in [4.69, 9.17) is 5.11 Å². The van der Waals surface area contributed by atoms with Gasteiger partial charge in [0, 0.05) is 6.04 Å². The second-order valence-corrected chi connectivity index (χ2v) is 4.97. The van der Waals surface area contributed by atoms with Crippen LogP contribution in [0.25, 0.3) is 0 Å². The maximum atomic E-state index is 11.8. The molecule has 1 aromatic heterocycles. The summed E-state index contributed by atoms with van der Waals surface area (Å²) < 4.78 is 0. The first-order chi connectivity index (χ1) is 9.42. The molecule has 0 spiro atoms. The van der Waals surface area contributed by atoms with E-state index in [2.05, 4.69) is 29.5 Å². The zero-order valence-electron chi connectivity index (χ0n) is 12.0. The Morgan fingerprint density at radius 2 is 2.05 bits per heavy atom. The maximum Gasteiger partial charge on any atom is 0.319 e. The molecule has 0 radical (unpaired) electrons. The molecule has 0 aliphatic rings. The lowest BCUT2D eigenvalue weighted by molar-refractivity contribution is -0.136. The van der Waals surface area contributed by atoms with E-state index in [1.807, 2.05) is 6.92 Å². The number of anilines is 1. The fourth-order valence-electron chi connectivity index (χ4n) is 1.83. The number of carbonyl (C=O) groups is 2. The Kier molecular flexibility index (Phi) is 5.96. The van der Waals surface area contributed by atoms with E-state index in [1.165, 1.54) is 6.20 Å². The van der Waals surface area contributed by atoms with Gasteiger partial charge in [0.15, 0.2) is 0 Å². The minimum Gasteiger partial charge on any atom is -0.481 e. The third kappa shape index (κ3) is 5.26. The zero-order chi connectivity index (χ0) is 15.1. The normalized spacial score (nSPS) is 12.0. The van der Waals surface area contributed by atoms with Crippen molar-refractivity contribution in [2.24, 2.45) is 5.92 Å². The number of hydrogen-bond acceptors (Lipinski definition) is 3. The number of carbonyl (C=O) groups excluding carboxylic acids is 1. The maximum absolute atomic E-state index is 11.8. The van der Waals surface area contributed by atoms with Crippen LogP contribution in [0.2, 0.25) is 0 Å². The molecule has 0 fully saturated rings. The van der Waals surface area contributed by atoms with Gasteiger partial charge in [-0.3, -0.25) is 9.78 Å². The highest BCUT2D eigenvalue weighted by Crippen LogP contribution is 2.09. The van der Waals surface area contributed by atoms with E-state index in [0.29, 0.717) is 17.3 Å². The molecule has 6 heteroatoms. The van der Waals surface area contributed by atoms with Crippen LogP contribution < -0.4 is 10.6 Å². The number of aliphatic carboxylic acids is 1. The number of pyridine rings is 1. The number of amides is 2. The largest absolute Gasteiger partial charge is 0.481 e. The van der Waals surface area contributed by atoms with Crippen LogP contribution >= 0.6 is 0 Å². The number of carboxylic acids is 1. The van der Waals surface area contributed by atoms with E-state index in [-0.39, 0.29) is 18.5 Å². The van der Waals surface area contributed by atoms with E-state index >= 15 is 0 Å². The van der Waals surface area contributed by atoms with E-state index < -0.39 is 5.97 Å². The minimum atomic E-state index is -0.932. The number of urea groups is 1. The smallest absolute Gasteiger partial charge is 0.319 e. The molecule has 0 aliphatic heterocycles. The summed E-state index contributed by atoms with van der Waals surface area (Å²) in [4.78, 5) is 26.3. The first kappa shape index (κ1) is 15.9. The average molecular weight is 279 g/mol. The summed E-state index contributed by atoms with van der Waals surface area (Å²) in [5, 5.41) is 14.2. The zero-order valence-corrected chi connectivity index (χ0v) is 12.0. The summed E-state index contributed by atoms with van der Waals surface area (Å²) in [6, 6.07) is 3.07. The van der Waals surface area contributed by atoms with Crippen LogP contribution in [0.1, 0.15) is 32.9 Å². The van der Waals surface area contributed by atoms with Crippen LogP contribution in [0.15, 0.2) is 18.3 Å². The third-order valence-corrected chi connectivity index (χ3v) is 2.98. The Hall–Kier alpha value is -2.11. The molecule has 0 saturated heterocycles. The lowest BCUT2D eigenvalue weighted by atomic mass is 10.0. The van der Waals surface area contributed by atoms with Crippen LogP contribution in [0.4, 0.5) is 10.5 Å². The van der Waals surface area contributed by atoms with Crippen LogP contribution in [-0.4, -0.2) is 28.1 Å². The monoisotopic (exact) mass is 279 g/mol. The van der Waals surface area contributed by atoms with Crippen molar-refractivity contribution in [2.75, 3.05) is 5.32 Å². The fourth-order valence-corrected chi connectivity index (χ4v) is 1.83. The van der Waals surface area contributed by atoms with Gasteiger partial charge in [0.05, 0.1) is 24.0 Å². The van der Waals surface area contributed by atoms with Crippen molar-refractivity contribution in [3.05, 3.63) is 24.0 Å². The van der Waals surface area contributed by atoms with Crippen LogP contribution in [-0.2, 0) is 11.2 Å². The summed E-state index contributed by atoms with van der Waals surface area (Å²) in [5.74, 6) is -0.569. The minimum absolute atomic E-state index is 0.120. The molecule has 6 nitrogen and oxygen atoms in total. The highest BCUT2D eigenvalue weighted by atomic mass is 16.4. The molecule has 3 N–H and O–H groups in total. The number of aromatic nitrogens is 1. The van der Waals surface area contributed by atoms with Gasteiger partial charge >= 0.3 is 12.0 Å². The molecular weight excluding hydrogens is 258 g/mol. The van der Waals surface area contributed by atoms with Crippen molar-refractivity contribution in [1.82, 2.24) is 10.3 Å². The Bertz CT molecular complexity index is 457. The van der Waals surface area contributed by atoms with Crippen LogP contribution in [0.5, 0.6) is 0 Å². The van der Waals surface area contributed by atoms with Crippen LogP contribution in [0, 0.1) is 5.92 Å². The molecule has 0 aliphatic carbocycles. The number of nitrogens with zero attached hydrogens (tertiary/aromatic N) is 1. The topological polar surface area (TPSA) is 91.3 Å². The highest BCUT2D eigenvalue weighted by Gasteiger charge is 2.14. The molecule has 1 rings (SSSR count). The Morgan fingerprint density at radius 1 is 1.35 bits per heavy atom. The van der Waals surface area contributed by atoms with Crippen molar-refractivity contribution in [1.29, 1.82) is 0 Å². The van der Waals surface area contributed by atoms with Gasteiger partial charge in [-0.25, -0.2) is 4.79 Å². The molecular formula is C14H21N3O3. The van der Waals surface area contributed by atoms with Gasteiger partial charge in [0.2, 0.25) is 0 Å². The van der Waals surface area contributed by atoms with Crippen molar-refractivity contribution in [3.8, 4) is 0 Å². The molecule has 1 unspecified atom stereocenters. The van der Waals surface area contributed by atoms with E-state index in [1.54, 1.807) is 12.1 Å². The number of nitrogens with one attached hydrogen (secondary N) is 2. The number of hydrogen-bond donors (Lipinski definition) is 3. The lowest BCUT2D eigenvalue weighted by Gasteiger charge is -2.20. The standard InChI is InChI=1S/C14H21N3O3/c1-4-12(9(2)3)17-14(20)16-11-6-5-10(15-8-11)7-13(18)19/h5-6,8-9,12H,4,7H2,1-3H3,(H,18,19)(H2,16,17,20). The molecule has 0 saturated carbocycles. The summed E-state index contributed by atoms with van der Waals surface area (Å²) >= 11 is 0. The van der Waals surface area contributed by atoms with E-state index in [0.717, 1.165) is 6.42 Å². The van der Waals surface area contributed by atoms with E-state index in [9.17, 15) is 9.59 Å². The number of rotatable bonds is 6. The molecule has 1 atom stereocenters. The van der Waals surface area contributed by atoms with Gasteiger partial charge in [-0.05, 0) is 24.5 Å². The molecule has 20 heavy (non-hydrogen) atoms. The van der Waals surface area contributed by atoms with Crippen LogP contribution in [0.3, 0.4) is 0 Å². The van der Waals surface area contributed by atoms with Crippen molar-refractivity contribution in [3.63, 3.8) is 0 Å². The van der Waals surface area contributed by atoms with Gasteiger partial charge in [-0.2, -0.15) is 0 Å². The molecule has 1 heterocycles. The van der Waals surface area contributed by atoms with Gasteiger partial charge in [0.1, 0.15) is 0 Å². The van der Waals surface area contributed by atoms with Crippen molar-refractivity contribution in [2.45, 2.75) is 39.7 Å². The quantitative estimate of drug-likeness (QED) is 0.745. The summed E-state index contributed by atoms with van der Waals surface area (Å²) in [6.45, 7) is 6.13. The second-order valence-electron chi connectivity index (χ2n) is 4.97. The second kappa shape index (κ2) is 7.47.